The van der Waals surface area contributed by atoms with Crippen LogP contribution < -0.4 is 14.8 Å². The van der Waals surface area contributed by atoms with Crippen LogP contribution in [-0.4, -0.2) is 38.6 Å². The van der Waals surface area contributed by atoms with E-state index in [1.54, 1.807) is 14.2 Å². The van der Waals surface area contributed by atoms with Crippen LogP contribution >= 0.6 is 11.6 Å². The summed E-state index contributed by atoms with van der Waals surface area (Å²) in [4.78, 5) is 14.0. The molecule has 2 aromatic rings. The molecule has 0 radical (unpaired) electrons. The van der Waals surface area contributed by atoms with Crippen molar-refractivity contribution >= 4 is 23.2 Å². The molecule has 5 nitrogen and oxygen atoms in total. The van der Waals surface area contributed by atoms with Gasteiger partial charge in [0.15, 0.2) is 11.5 Å². The van der Waals surface area contributed by atoms with Crippen molar-refractivity contribution in [2.24, 2.45) is 0 Å². The normalized spacial score (nSPS) is 10.7. The second-order valence-corrected chi connectivity index (χ2v) is 6.25. The zero-order valence-electron chi connectivity index (χ0n) is 15.0. The first kappa shape index (κ1) is 20.0. The number of anilines is 1. The van der Waals surface area contributed by atoms with E-state index in [-0.39, 0.29) is 23.0 Å². The van der Waals surface area contributed by atoms with E-state index in [2.05, 4.69) is 5.32 Å². The number of carbonyl (C=O) groups is 1. The van der Waals surface area contributed by atoms with Crippen molar-refractivity contribution in [3.05, 3.63) is 52.8 Å². The number of rotatable bonds is 8. The zero-order chi connectivity index (χ0) is 19.1. The lowest BCUT2D eigenvalue weighted by atomic mass is 10.1. The second kappa shape index (κ2) is 9.40. The molecule has 1 amide bonds. The topological polar surface area (TPSA) is 50.8 Å². The molecule has 26 heavy (non-hydrogen) atoms. The minimum absolute atomic E-state index is 0.122. The summed E-state index contributed by atoms with van der Waals surface area (Å²) in [6.45, 7) is 1.09. The third-order valence-electron chi connectivity index (χ3n) is 3.85. The number of hydrogen-bond donors (Lipinski definition) is 1. The highest BCUT2D eigenvalue weighted by Crippen LogP contribution is 2.31. The Labute approximate surface area is 157 Å². The summed E-state index contributed by atoms with van der Waals surface area (Å²) in [5.41, 5.74) is 1.08. The fourth-order valence-electron chi connectivity index (χ4n) is 2.54. The Hall–Kier alpha value is -2.31. The second-order valence-electron chi connectivity index (χ2n) is 5.81. The van der Waals surface area contributed by atoms with Gasteiger partial charge < -0.3 is 19.7 Å². The lowest BCUT2D eigenvalue weighted by molar-refractivity contribution is -0.116. The molecule has 1 N–H and O–H groups in total. The maximum absolute atomic E-state index is 13.7. The largest absolute Gasteiger partial charge is 0.493 e. The van der Waals surface area contributed by atoms with Gasteiger partial charge in [0.1, 0.15) is 5.82 Å². The molecule has 0 aliphatic rings. The molecule has 140 valence electrons. The molecule has 0 spiro atoms. The molecule has 7 heteroatoms. The highest BCUT2D eigenvalue weighted by Gasteiger charge is 2.13. The first-order valence-corrected chi connectivity index (χ1v) is 8.45. The summed E-state index contributed by atoms with van der Waals surface area (Å²) < 4.78 is 24.4. The van der Waals surface area contributed by atoms with Crippen LogP contribution in [-0.2, 0) is 11.3 Å². The van der Waals surface area contributed by atoms with E-state index in [1.165, 1.54) is 18.2 Å². The lowest BCUT2D eigenvalue weighted by Crippen LogP contribution is -2.24. The van der Waals surface area contributed by atoms with Gasteiger partial charge in [-0.15, -0.1) is 0 Å². The Balaban J connectivity index is 1.90. The number of amides is 1. The molecule has 0 unspecified atom stereocenters. The van der Waals surface area contributed by atoms with E-state index in [1.807, 2.05) is 30.1 Å². The van der Waals surface area contributed by atoms with E-state index in [4.69, 9.17) is 21.1 Å². The maximum Gasteiger partial charge on any atom is 0.225 e. The number of halogens is 2. The van der Waals surface area contributed by atoms with Gasteiger partial charge in [-0.2, -0.15) is 0 Å². The van der Waals surface area contributed by atoms with Crippen LogP contribution in [0.5, 0.6) is 11.5 Å². The maximum atomic E-state index is 13.7. The fourth-order valence-corrected chi connectivity index (χ4v) is 2.70. The fraction of sp³-hybridized carbons (Fsp3) is 0.316. The van der Waals surface area contributed by atoms with Crippen molar-refractivity contribution in [2.45, 2.75) is 13.0 Å². The van der Waals surface area contributed by atoms with Crippen LogP contribution in [0.15, 0.2) is 36.4 Å². The van der Waals surface area contributed by atoms with E-state index in [0.717, 1.165) is 5.56 Å². The summed E-state index contributed by atoms with van der Waals surface area (Å²) >= 11 is 5.70. The molecular formula is C19H22ClFN2O3. The molecule has 0 bridgehead atoms. The van der Waals surface area contributed by atoms with Crippen molar-refractivity contribution in [3.8, 4) is 11.5 Å². The quantitative estimate of drug-likeness (QED) is 0.753. The Morgan fingerprint density at radius 3 is 2.65 bits per heavy atom. The molecule has 0 saturated carbocycles. The highest BCUT2D eigenvalue weighted by atomic mass is 35.5. The molecule has 2 rings (SSSR count). The Bertz CT molecular complexity index is 770. The Morgan fingerprint density at radius 2 is 2.00 bits per heavy atom. The number of ether oxygens (including phenoxy) is 2. The Morgan fingerprint density at radius 1 is 1.23 bits per heavy atom. The number of nitrogens with zero attached hydrogens (tertiary/aromatic N) is 1. The van der Waals surface area contributed by atoms with E-state index >= 15 is 0 Å². The van der Waals surface area contributed by atoms with Crippen molar-refractivity contribution in [2.75, 3.05) is 33.1 Å². The van der Waals surface area contributed by atoms with Gasteiger partial charge in [0.2, 0.25) is 5.91 Å². The summed E-state index contributed by atoms with van der Waals surface area (Å²) in [6, 6.07) is 9.80. The highest BCUT2D eigenvalue weighted by molar-refractivity contribution is 6.30. The third-order valence-corrected chi connectivity index (χ3v) is 4.09. The van der Waals surface area contributed by atoms with Gasteiger partial charge in [0.25, 0.3) is 0 Å². The van der Waals surface area contributed by atoms with Gasteiger partial charge >= 0.3 is 0 Å². The first-order valence-electron chi connectivity index (χ1n) is 8.08. The minimum atomic E-state index is -0.555. The van der Waals surface area contributed by atoms with Crippen molar-refractivity contribution in [1.29, 1.82) is 0 Å². The number of methoxy groups -OCH3 is 2. The zero-order valence-corrected chi connectivity index (χ0v) is 15.8. The van der Waals surface area contributed by atoms with Crippen LogP contribution in [0.2, 0.25) is 5.02 Å². The molecule has 0 aliphatic heterocycles. The van der Waals surface area contributed by atoms with Crippen LogP contribution in [0.1, 0.15) is 12.0 Å². The van der Waals surface area contributed by atoms with Gasteiger partial charge in [-0.25, -0.2) is 4.39 Å². The van der Waals surface area contributed by atoms with Crippen LogP contribution in [0.4, 0.5) is 10.1 Å². The number of carbonyl (C=O) groups excluding carboxylic acids is 1. The van der Waals surface area contributed by atoms with Crippen molar-refractivity contribution in [3.63, 3.8) is 0 Å². The summed E-state index contributed by atoms with van der Waals surface area (Å²) in [5.74, 6) is 0.514. The monoisotopic (exact) mass is 380 g/mol. The predicted octanol–water partition coefficient (Wildman–Crippen LogP) is 3.96. The van der Waals surface area contributed by atoms with Crippen LogP contribution in [0, 0.1) is 5.82 Å². The number of nitrogens with one attached hydrogen (secondary N) is 1. The van der Waals surface area contributed by atoms with Gasteiger partial charge in [0.05, 0.1) is 19.9 Å². The summed E-state index contributed by atoms with van der Waals surface area (Å²) in [6.07, 6.45) is 0.227. The number of benzene rings is 2. The summed E-state index contributed by atoms with van der Waals surface area (Å²) in [7, 11) is 5.08. The molecule has 0 saturated heterocycles. The smallest absolute Gasteiger partial charge is 0.225 e. The standard InChI is InChI=1S/C19H22ClFN2O3/c1-23(12-13-5-4-6-17(25-2)19(13)26-3)10-9-18(24)22-16-8-7-14(20)11-15(16)21/h4-8,11H,9-10,12H2,1-3H3,(H,22,24). The van der Waals surface area contributed by atoms with Crippen LogP contribution in [0.25, 0.3) is 0 Å². The van der Waals surface area contributed by atoms with Gasteiger partial charge in [-0.3, -0.25) is 4.79 Å². The van der Waals surface area contributed by atoms with Crippen molar-refractivity contribution in [1.82, 2.24) is 4.90 Å². The molecular weight excluding hydrogens is 359 g/mol. The molecule has 0 heterocycles. The van der Waals surface area contributed by atoms with E-state index < -0.39 is 5.82 Å². The molecule has 0 aliphatic carbocycles. The Kier molecular flexibility index (Phi) is 7.24. The predicted molar refractivity (Wildman–Crippen MR) is 101 cm³/mol. The molecule has 2 aromatic carbocycles. The molecule has 0 fully saturated rings. The average molecular weight is 381 g/mol. The van der Waals surface area contributed by atoms with Crippen molar-refractivity contribution < 1.29 is 18.7 Å². The molecule has 0 aromatic heterocycles. The minimum Gasteiger partial charge on any atom is -0.493 e. The van der Waals surface area contributed by atoms with E-state index in [0.29, 0.717) is 24.6 Å². The average Bonchev–Trinajstić information content (AvgIpc) is 2.62. The SMILES string of the molecule is COc1cccc(CN(C)CCC(=O)Nc2ccc(Cl)cc2F)c1OC. The number of para-hydroxylation sites is 1. The van der Waals surface area contributed by atoms with Crippen LogP contribution in [0.3, 0.4) is 0 Å². The van der Waals surface area contributed by atoms with Gasteiger partial charge in [-0.05, 0) is 31.3 Å². The number of hydrogen-bond acceptors (Lipinski definition) is 4. The molecule has 0 atom stereocenters. The van der Waals surface area contributed by atoms with E-state index in [9.17, 15) is 9.18 Å². The van der Waals surface area contributed by atoms with Gasteiger partial charge in [-0.1, -0.05) is 23.7 Å². The summed E-state index contributed by atoms with van der Waals surface area (Å²) in [5, 5.41) is 2.84. The van der Waals surface area contributed by atoms with Gasteiger partial charge in [0, 0.05) is 30.1 Å². The lowest BCUT2D eigenvalue weighted by Gasteiger charge is -2.19. The first-order chi connectivity index (χ1) is 12.4. The third kappa shape index (κ3) is 5.34.